The van der Waals surface area contributed by atoms with E-state index < -0.39 is 0 Å². The molecule has 10 aromatic rings. The summed E-state index contributed by atoms with van der Waals surface area (Å²) in [4.78, 5) is 15.3. The molecular formula is C47H29N3O. The van der Waals surface area contributed by atoms with Crippen molar-refractivity contribution in [1.29, 1.82) is 0 Å². The molecule has 0 aliphatic heterocycles. The van der Waals surface area contributed by atoms with E-state index >= 15 is 0 Å². The summed E-state index contributed by atoms with van der Waals surface area (Å²) in [6.45, 7) is 0. The molecule has 10 rings (SSSR count). The highest BCUT2D eigenvalue weighted by Crippen LogP contribution is 2.41. The predicted molar refractivity (Wildman–Crippen MR) is 209 cm³/mol. The Morgan fingerprint density at radius 2 is 0.863 bits per heavy atom. The van der Waals surface area contributed by atoms with E-state index in [0.29, 0.717) is 17.5 Å². The molecule has 51 heavy (non-hydrogen) atoms. The van der Waals surface area contributed by atoms with Crippen molar-refractivity contribution in [3.05, 3.63) is 176 Å². The molecule has 4 heteroatoms. The number of fused-ring (bicyclic) bond motifs is 6. The van der Waals surface area contributed by atoms with Gasteiger partial charge >= 0.3 is 0 Å². The van der Waals surface area contributed by atoms with Crippen LogP contribution in [0.15, 0.2) is 180 Å². The normalized spacial score (nSPS) is 11.5. The lowest BCUT2D eigenvalue weighted by Crippen LogP contribution is -2.00. The first-order valence-electron chi connectivity index (χ1n) is 17.1. The van der Waals surface area contributed by atoms with Crippen LogP contribution in [0.2, 0.25) is 0 Å². The summed E-state index contributed by atoms with van der Waals surface area (Å²) >= 11 is 0. The van der Waals surface area contributed by atoms with Crippen LogP contribution in [0.4, 0.5) is 0 Å². The third kappa shape index (κ3) is 5.04. The Balaban J connectivity index is 1.19. The van der Waals surface area contributed by atoms with Crippen molar-refractivity contribution in [1.82, 2.24) is 15.0 Å². The van der Waals surface area contributed by atoms with Crippen LogP contribution in [0.25, 0.3) is 99.9 Å². The second-order valence-electron chi connectivity index (χ2n) is 12.8. The molecule has 0 aliphatic rings. The maximum atomic E-state index is 6.62. The second kappa shape index (κ2) is 11.9. The lowest BCUT2D eigenvalue weighted by molar-refractivity contribution is 0.673. The van der Waals surface area contributed by atoms with Gasteiger partial charge < -0.3 is 4.42 Å². The maximum absolute atomic E-state index is 6.62. The average molecular weight is 652 g/mol. The standard InChI is InChI=1S/C47H29N3O/c1-3-12-30(13-4-1)31-22-24-34(25-23-31)46-48-45(33-15-5-2-6-16-33)49-47(50-46)42-29-41-40-28-35(37-21-11-17-32-14-7-8-18-36(32)37)26-27-43(40)51-44(41)39-20-10-9-19-38(39)42/h1-29H. The van der Waals surface area contributed by atoms with Crippen LogP contribution in [0.1, 0.15) is 0 Å². The lowest BCUT2D eigenvalue weighted by Gasteiger charge is -2.11. The molecule has 2 heterocycles. The molecule has 0 radical (unpaired) electrons. The Hall–Kier alpha value is -6.91. The highest BCUT2D eigenvalue weighted by molar-refractivity contribution is 6.19. The summed E-state index contributed by atoms with van der Waals surface area (Å²) < 4.78 is 6.62. The van der Waals surface area contributed by atoms with Crippen molar-refractivity contribution in [2.75, 3.05) is 0 Å². The topological polar surface area (TPSA) is 51.8 Å². The molecule has 0 saturated heterocycles. The number of hydrogen-bond donors (Lipinski definition) is 0. The van der Waals surface area contributed by atoms with Crippen molar-refractivity contribution in [2.24, 2.45) is 0 Å². The first kappa shape index (κ1) is 29.0. The van der Waals surface area contributed by atoms with E-state index in [9.17, 15) is 0 Å². The van der Waals surface area contributed by atoms with E-state index in [1.54, 1.807) is 0 Å². The molecule has 0 bridgehead atoms. The lowest BCUT2D eigenvalue weighted by atomic mass is 9.96. The zero-order valence-electron chi connectivity index (χ0n) is 27.5. The molecule has 0 amide bonds. The largest absolute Gasteiger partial charge is 0.455 e. The quantitative estimate of drug-likeness (QED) is 0.186. The number of hydrogen-bond acceptors (Lipinski definition) is 4. The van der Waals surface area contributed by atoms with Crippen molar-refractivity contribution in [3.8, 4) is 56.4 Å². The molecule has 0 spiro atoms. The van der Waals surface area contributed by atoms with E-state index in [1.165, 1.54) is 21.9 Å². The fourth-order valence-corrected chi connectivity index (χ4v) is 7.21. The average Bonchev–Trinajstić information content (AvgIpc) is 3.59. The van der Waals surface area contributed by atoms with Crippen molar-refractivity contribution < 1.29 is 4.42 Å². The van der Waals surface area contributed by atoms with E-state index in [-0.39, 0.29) is 0 Å². The minimum atomic E-state index is 0.614. The van der Waals surface area contributed by atoms with Crippen LogP contribution < -0.4 is 0 Å². The molecule has 2 aromatic heterocycles. The van der Waals surface area contributed by atoms with Gasteiger partial charge in [-0.15, -0.1) is 0 Å². The Bertz CT molecular complexity index is 2890. The molecule has 4 nitrogen and oxygen atoms in total. The summed E-state index contributed by atoms with van der Waals surface area (Å²) in [5.41, 5.74) is 9.13. The molecule has 0 saturated carbocycles. The molecule has 238 valence electrons. The van der Waals surface area contributed by atoms with Gasteiger partial charge in [-0.05, 0) is 56.6 Å². The monoisotopic (exact) mass is 651 g/mol. The Labute approximate surface area is 294 Å². The summed E-state index contributed by atoms with van der Waals surface area (Å²) in [5, 5.41) is 6.56. The summed E-state index contributed by atoms with van der Waals surface area (Å²) in [6, 6.07) is 61.0. The van der Waals surface area contributed by atoms with Gasteiger partial charge in [-0.3, -0.25) is 0 Å². The van der Waals surface area contributed by atoms with Crippen molar-refractivity contribution in [3.63, 3.8) is 0 Å². The van der Waals surface area contributed by atoms with E-state index in [2.05, 4.69) is 140 Å². The number of rotatable bonds is 5. The predicted octanol–water partition coefficient (Wildman–Crippen LogP) is 12.4. The van der Waals surface area contributed by atoms with E-state index in [0.717, 1.165) is 60.5 Å². The van der Waals surface area contributed by atoms with Crippen LogP contribution in [-0.4, -0.2) is 15.0 Å². The molecule has 0 fully saturated rings. The SMILES string of the molecule is c1ccc(-c2ccc(-c3nc(-c4ccccc4)nc(-c4cc5c6cc(-c7cccc8ccccc78)ccc6oc5c5ccccc45)n3)cc2)cc1. The molecule has 0 N–H and O–H groups in total. The minimum Gasteiger partial charge on any atom is -0.455 e. The third-order valence-corrected chi connectivity index (χ3v) is 9.74. The van der Waals surface area contributed by atoms with E-state index in [4.69, 9.17) is 19.4 Å². The number of benzene rings is 8. The summed E-state index contributed by atoms with van der Waals surface area (Å²) in [7, 11) is 0. The van der Waals surface area contributed by atoms with Gasteiger partial charge in [-0.1, -0.05) is 158 Å². The zero-order chi connectivity index (χ0) is 33.7. The zero-order valence-corrected chi connectivity index (χ0v) is 27.5. The fraction of sp³-hybridized carbons (Fsp3) is 0. The smallest absolute Gasteiger partial charge is 0.164 e. The van der Waals surface area contributed by atoms with Crippen LogP contribution in [0, 0.1) is 0 Å². The van der Waals surface area contributed by atoms with Gasteiger partial charge in [-0.25, -0.2) is 15.0 Å². The van der Waals surface area contributed by atoms with Gasteiger partial charge in [0, 0.05) is 32.8 Å². The van der Waals surface area contributed by atoms with Gasteiger partial charge in [0.15, 0.2) is 17.5 Å². The van der Waals surface area contributed by atoms with Crippen molar-refractivity contribution in [2.45, 2.75) is 0 Å². The number of furan rings is 1. The van der Waals surface area contributed by atoms with Gasteiger partial charge in [0.1, 0.15) is 11.2 Å². The van der Waals surface area contributed by atoms with Crippen LogP contribution in [-0.2, 0) is 0 Å². The van der Waals surface area contributed by atoms with E-state index in [1.807, 2.05) is 36.4 Å². The van der Waals surface area contributed by atoms with Gasteiger partial charge in [0.05, 0.1) is 0 Å². The fourth-order valence-electron chi connectivity index (χ4n) is 7.21. The number of aromatic nitrogens is 3. The Kier molecular flexibility index (Phi) is 6.78. The van der Waals surface area contributed by atoms with Crippen LogP contribution in [0.5, 0.6) is 0 Å². The Morgan fingerprint density at radius 1 is 0.314 bits per heavy atom. The van der Waals surface area contributed by atoms with Gasteiger partial charge in [0.2, 0.25) is 0 Å². The molecule has 0 atom stereocenters. The number of nitrogens with zero attached hydrogens (tertiary/aromatic N) is 3. The Morgan fingerprint density at radius 3 is 1.63 bits per heavy atom. The third-order valence-electron chi connectivity index (χ3n) is 9.74. The molecule has 0 aliphatic carbocycles. The highest BCUT2D eigenvalue weighted by atomic mass is 16.3. The summed E-state index contributed by atoms with van der Waals surface area (Å²) in [6.07, 6.45) is 0. The van der Waals surface area contributed by atoms with Gasteiger partial charge in [0.25, 0.3) is 0 Å². The first-order chi connectivity index (χ1) is 25.3. The molecule has 8 aromatic carbocycles. The molecular weight excluding hydrogens is 623 g/mol. The second-order valence-corrected chi connectivity index (χ2v) is 12.8. The maximum Gasteiger partial charge on any atom is 0.164 e. The first-order valence-corrected chi connectivity index (χ1v) is 17.1. The van der Waals surface area contributed by atoms with Crippen LogP contribution >= 0.6 is 0 Å². The van der Waals surface area contributed by atoms with Crippen molar-refractivity contribution >= 4 is 43.5 Å². The van der Waals surface area contributed by atoms with Gasteiger partial charge in [-0.2, -0.15) is 0 Å². The molecule has 0 unspecified atom stereocenters. The minimum absolute atomic E-state index is 0.614. The summed E-state index contributed by atoms with van der Waals surface area (Å²) in [5.74, 6) is 1.86. The van der Waals surface area contributed by atoms with Crippen LogP contribution in [0.3, 0.4) is 0 Å². The highest BCUT2D eigenvalue weighted by Gasteiger charge is 2.19.